The van der Waals surface area contributed by atoms with Crippen molar-refractivity contribution in [1.29, 1.82) is 0 Å². The number of hydrogen-bond acceptors (Lipinski definition) is 2. The lowest BCUT2D eigenvalue weighted by molar-refractivity contribution is -0.0723. The Hall–Kier alpha value is -1.00. The maximum atomic E-state index is 13.0. The second kappa shape index (κ2) is 7.14. The first kappa shape index (κ1) is 17.1. The van der Waals surface area contributed by atoms with E-state index in [9.17, 15) is 13.9 Å². The molecule has 1 atom stereocenters. The van der Waals surface area contributed by atoms with Gasteiger partial charge in [0.2, 0.25) is 0 Å². The molecule has 0 fully saturated rings. The van der Waals surface area contributed by atoms with Crippen LogP contribution in [0.15, 0.2) is 12.1 Å². The number of rotatable bonds is 6. The molecule has 0 aliphatic rings. The number of aliphatic hydroxyl groups is 1. The lowest BCUT2D eigenvalue weighted by Crippen LogP contribution is -2.17. The van der Waals surface area contributed by atoms with E-state index in [1.54, 1.807) is 12.1 Å². The van der Waals surface area contributed by atoms with Gasteiger partial charge in [0.25, 0.3) is 6.43 Å². The fourth-order valence-electron chi connectivity index (χ4n) is 2.39. The summed E-state index contributed by atoms with van der Waals surface area (Å²) in [6, 6.07) is 3.11. The van der Waals surface area contributed by atoms with Gasteiger partial charge in [-0.3, -0.25) is 0 Å². The Labute approximate surface area is 119 Å². The Bertz CT molecular complexity index is 413. The van der Waals surface area contributed by atoms with Crippen LogP contribution in [0.1, 0.15) is 68.2 Å². The van der Waals surface area contributed by atoms with Gasteiger partial charge in [-0.05, 0) is 40.7 Å². The van der Waals surface area contributed by atoms with E-state index in [4.69, 9.17) is 4.74 Å². The van der Waals surface area contributed by atoms with E-state index < -0.39 is 12.7 Å². The summed E-state index contributed by atoms with van der Waals surface area (Å²) < 4.78 is 31.0. The van der Waals surface area contributed by atoms with Crippen molar-refractivity contribution < 1.29 is 18.6 Å². The maximum absolute atomic E-state index is 13.0. The molecule has 0 aromatic heterocycles. The molecule has 0 aliphatic carbocycles. The van der Waals surface area contributed by atoms with Crippen LogP contribution < -0.4 is 0 Å². The van der Waals surface area contributed by atoms with Gasteiger partial charge in [0.1, 0.15) is 0 Å². The van der Waals surface area contributed by atoms with Gasteiger partial charge < -0.3 is 9.84 Å². The number of alkyl halides is 2. The van der Waals surface area contributed by atoms with Crippen LogP contribution in [0.2, 0.25) is 0 Å². The number of halogens is 2. The Balaban J connectivity index is 3.42. The second-order valence-electron chi connectivity index (χ2n) is 5.68. The van der Waals surface area contributed by atoms with E-state index in [2.05, 4.69) is 0 Å². The summed E-state index contributed by atoms with van der Waals surface area (Å²) >= 11 is 0. The molecular weight excluding hydrogens is 262 g/mol. The van der Waals surface area contributed by atoms with Crippen LogP contribution in [0.25, 0.3) is 0 Å². The van der Waals surface area contributed by atoms with Crippen molar-refractivity contribution in [3.8, 4) is 0 Å². The van der Waals surface area contributed by atoms with Crippen LogP contribution in [-0.4, -0.2) is 18.5 Å². The van der Waals surface area contributed by atoms with Crippen LogP contribution in [0.3, 0.4) is 0 Å². The van der Waals surface area contributed by atoms with Crippen LogP contribution in [0, 0.1) is 0 Å². The Morgan fingerprint density at radius 2 is 1.50 bits per heavy atom. The zero-order valence-electron chi connectivity index (χ0n) is 12.8. The zero-order chi connectivity index (χ0) is 15.4. The van der Waals surface area contributed by atoms with E-state index in [-0.39, 0.29) is 17.4 Å². The Kier molecular flexibility index (Phi) is 6.08. The van der Waals surface area contributed by atoms with Crippen molar-refractivity contribution in [2.45, 2.75) is 58.7 Å². The van der Waals surface area contributed by atoms with Gasteiger partial charge in [0, 0.05) is 19.1 Å². The largest absolute Gasteiger partial charge is 0.368 e. The number of aliphatic hydroxyl groups excluding tert-OH is 1. The summed E-state index contributed by atoms with van der Waals surface area (Å²) in [7, 11) is 1.43. The van der Waals surface area contributed by atoms with Crippen LogP contribution >= 0.6 is 0 Å². The molecule has 20 heavy (non-hydrogen) atoms. The van der Waals surface area contributed by atoms with E-state index in [0.29, 0.717) is 6.42 Å². The van der Waals surface area contributed by atoms with Crippen molar-refractivity contribution in [2.24, 2.45) is 0 Å². The molecule has 0 amide bonds. The summed E-state index contributed by atoms with van der Waals surface area (Å²) in [6.45, 7) is 7.88. The van der Waals surface area contributed by atoms with E-state index >= 15 is 0 Å². The third kappa shape index (κ3) is 4.00. The average Bonchev–Trinajstić information content (AvgIpc) is 2.37. The summed E-state index contributed by atoms with van der Waals surface area (Å²) in [6.07, 6.45) is -3.07. The van der Waals surface area contributed by atoms with Gasteiger partial charge >= 0.3 is 0 Å². The van der Waals surface area contributed by atoms with Crippen molar-refractivity contribution in [3.05, 3.63) is 34.4 Å². The fourth-order valence-corrected chi connectivity index (χ4v) is 2.39. The second-order valence-corrected chi connectivity index (χ2v) is 5.68. The molecule has 2 nitrogen and oxygen atoms in total. The zero-order valence-corrected chi connectivity index (χ0v) is 12.8. The molecule has 0 saturated carbocycles. The fraction of sp³-hybridized carbons (Fsp3) is 0.625. The molecule has 0 aliphatic heterocycles. The quantitative estimate of drug-likeness (QED) is 0.786. The first-order valence-corrected chi connectivity index (χ1v) is 6.93. The van der Waals surface area contributed by atoms with E-state index in [1.807, 2.05) is 27.7 Å². The molecule has 0 heterocycles. The summed E-state index contributed by atoms with van der Waals surface area (Å²) in [5, 5.41) is 9.73. The molecule has 1 aromatic carbocycles. The van der Waals surface area contributed by atoms with Crippen LogP contribution in [-0.2, 0) is 11.2 Å². The summed E-state index contributed by atoms with van der Waals surface area (Å²) in [5.74, 6) is 0.232. The van der Waals surface area contributed by atoms with Crippen molar-refractivity contribution in [1.82, 2.24) is 0 Å². The molecule has 1 N–H and O–H groups in total. The molecule has 0 radical (unpaired) electrons. The average molecular weight is 286 g/mol. The number of hydrogen-bond donors (Lipinski definition) is 1. The third-order valence-electron chi connectivity index (χ3n) is 3.49. The highest BCUT2D eigenvalue weighted by atomic mass is 19.3. The molecule has 1 aromatic rings. The van der Waals surface area contributed by atoms with Gasteiger partial charge in [-0.25, -0.2) is 8.78 Å². The van der Waals surface area contributed by atoms with E-state index in [0.717, 1.165) is 16.7 Å². The SMILES string of the molecule is COC(O)Cc1c(C(C)C)cc(C(F)F)cc1C(C)C. The van der Waals surface area contributed by atoms with Gasteiger partial charge in [-0.15, -0.1) is 0 Å². The first-order valence-electron chi connectivity index (χ1n) is 6.93. The molecule has 1 unspecified atom stereocenters. The van der Waals surface area contributed by atoms with Crippen LogP contribution in [0.4, 0.5) is 8.78 Å². The van der Waals surface area contributed by atoms with Crippen molar-refractivity contribution >= 4 is 0 Å². The minimum absolute atomic E-state index is 0.0491. The molecule has 0 spiro atoms. The maximum Gasteiger partial charge on any atom is 0.263 e. The Morgan fingerprint density at radius 3 is 1.80 bits per heavy atom. The van der Waals surface area contributed by atoms with E-state index in [1.165, 1.54) is 7.11 Å². The minimum Gasteiger partial charge on any atom is -0.368 e. The lowest BCUT2D eigenvalue weighted by atomic mass is 9.85. The lowest BCUT2D eigenvalue weighted by Gasteiger charge is -2.23. The highest BCUT2D eigenvalue weighted by Gasteiger charge is 2.20. The number of methoxy groups -OCH3 is 1. The smallest absolute Gasteiger partial charge is 0.263 e. The molecule has 114 valence electrons. The molecule has 0 bridgehead atoms. The molecule has 4 heteroatoms. The van der Waals surface area contributed by atoms with Gasteiger partial charge in [-0.2, -0.15) is 0 Å². The van der Waals surface area contributed by atoms with Crippen molar-refractivity contribution in [3.63, 3.8) is 0 Å². The summed E-state index contributed by atoms with van der Waals surface area (Å²) in [5.41, 5.74) is 2.70. The first-order chi connectivity index (χ1) is 9.27. The highest BCUT2D eigenvalue weighted by Crippen LogP contribution is 2.33. The molecule has 0 saturated heterocycles. The van der Waals surface area contributed by atoms with Crippen LogP contribution in [0.5, 0.6) is 0 Å². The minimum atomic E-state index is -2.48. The monoisotopic (exact) mass is 286 g/mol. The van der Waals surface area contributed by atoms with Crippen molar-refractivity contribution in [2.75, 3.05) is 7.11 Å². The predicted octanol–water partition coefficient (Wildman–Crippen LogP) is 4.38. The highest BCUT2D eigenvalue weighted by molar-refractivity contribution is 5.43. The summed E-state index contributed by atoms with van der Waals surface area (Å²) in [4.78, 5) is 0. The normalized spacial score (nSPS) is 13.6. The molecular formula is C16H24F2O2. The standard InChI is InChI=1S/C16H24F2O2/c1-9(2)12-6-11(16(17)18)7-13(10(3)4)14(12)8-15(19)20-5/h6-7,9-10,15-16,19H,8H2,1-5H3. The number of benzene rings is 1. The van der Waals surface area contributed by atoms with Gasteiger partial charge in [0.05, 0.1) is 0 Å². The third-order valence-corrected chi connectivity index (χ3v) is 3.49. The van der Waals surface area contributed by atoms with Gasteiger partial charge in [-0.1, -0.05) is 27.7 Å². The predicted molar refractivity (Wildman–Crippen MR) is 76.3 cm³/mol. The topological polar surface area (TPSA) is 29.5 Å². The Morgan fingerprint density at radius 1 is 1.05 bits per heavy atom. The van der Waals surface area contributed by atoms with Gasteiger partial charge in [0.15, 0.2) is 6.29 Å². The molecule has 1 rings (SSSR count). The number of ether oxygens (including phenoxy) is 1.